The van der Waals surface area contributed by atoms with Crippen molar-refractivity contribution in [3.8, 4) is 68.7 Å². The second-order valence-corrected chi connectivity index (χ2v) is 32.4. The Morgan fingerprint density at radius 2 is 0.842 bits per heavy atom. The molecule has 12 rings (SSSR count). The SMILES string of the molecule is COCCOc1ccc2c(OC(C)(C)C)cc(-c3csc(NC(C)C)n3)nc2c1.Cc1ccc2c(OC(C)(C)C)cc(-c3csc(NC(C)C)n3)nc2c1.Cc1ccc2c(OC(C)(C)C)cc(-c3csc(NC(C)C)n3)nc2c1Cl.Cc1ccc2c(OC(C)(C)C)cc(-n3cccn3)nc2c1. The minimum absolute atomic E-state index is 0.263. The van der Waals surface area contributed by atoms with Crippen LogP contribution in [0.3, 0.4) is 0 Å². The molecule has 0 bridgehead atoms. The van der Waals surface area contributed by atoms with Gasteiger partial charge in [-0.1, -0.05) is 29.8 Å². The van der Waals surface area contributed by atoms with E-state index < -0.39 is 0 Å². The van der Waals surface area contributed by atoms with E-state index in [-0.39, 0.29) is 22.4 Å². The number of hydrogen-bond donors (Lipinski definition) is 3. The van der Waals surface area contributed by atoms with Crippen molar-refractivity contribution < 1.29 is 28.4 Å². The van der Waals surface area contributed by atoms with Crippen molar-refractivity contribution >= 4 is 105 Å². The van der Waals surface area contributed by atoms with Crippen LogP contribution in [0.15, 0.2) is 126 Å². The van der Waals surface area contributed by atoms with Crippen molar-refractivity contribution in [2.45, 2.75) is 186 Å². The zero-order valence-electron chi connectivity index (χ0n) is 62.3. The molecule has 0 spiro atoms. The second kappa shape index (κ2) is 32.5. The third-order valence-corrected chi connectivity index (χ3v) is 17.0. The molecule has 8 heterocycles. The minimum atomic E-state index is -0.328. The molecule has 0 aliphatic carbocycles. The van der Waals surface area contributed by atoms with Crippen molar-refractivity contribution in [3.05, 3.63) is 147 Å². The van der Waals surface area contributed by atoms with Gasteiger partial charge < -0.3 is 44.4 Å². The van der Waals surface area contributed by atoms with Crippen molar-refractivity contribution in [1.82, 2.24) is 44.7 Å². The molecule has 0 amide bonds. The van der Waals surface area contributed by atoms with E-state index in [0.717, 1.165) is 133 Å². The van der Waals surface area contributed by atoms with Gasteiger partial charge in [-0.2, -0.15) is 5.10 Å². The number of aryl methyl sites for hydroxylation is 3. The third kappa shape index (κ3) is 21.9. The van der Waals surface area contributed by atoms with Gasteiger partial charge in [-0.3, -0.25) is 0 Å². The Labute approximate surface area is 612 Å². The molecule has 0 radical (unpaired) electrons. The van der Waals surface area contributed by atoms with Gasteiger partial charge in [-0.15, -0.1) is 34.0 Å². The first-order chi connectivity index (χ1) is 47.5. The standard InChI is InChI=1S/C22H29N3O3S.C20H24ClN3OS.C20H25N3OS.C17H19N3O/c1-14(2)23-21-25-19(13-29-21)18-12-20(28-22(3,4)5)16-8-7-15(11-17(16)24-18)27-10-9-26-6;1-11(2)22-19-24-15(10-26-19)14-9-16(25-20(4,5)6)13-8-7-12(3)17(21)18(13)23-14;1-12(2)21-19-23-17(11-25-19)16-10-18(24-20(4,5)6)14-8-7-13(3)9-15(14)22-16;1-12-6-7-13-14(10-12)19-16(20-9-5-8-18-20)11-15(13)21-17(2,3)4/h7-8,11-14H,9-10H2,1-6H3,(H,23,25);7-11H,1-6H3,(H,22,24);7-12H,1-6H3,(H,21,23);5-11H,1-4H3. The van der Waals surface area contributed by atoms with Crippen molar-refractivity contribution in [3.63, 3.8) is 0 Å². The van der Waals surface area contributed by atoms with E-state index in [1.165, 1.54) is 11.1 Å². The smallest absolute Gasteiger partial charge is 0.183 e. The van der Waals surface area contributed by atoms with Gasteiger partial charge in [0.05, 0.1) is 50.8 Å². The van der Waals surface area contributed by atoms with Gasteiger partial charge in [0.15, 0.2) is 21.2 Å². The first-order valence-electron chi connectivity index (χ1n) is 33.9. The molecule has 0 atom stereocenters. The lowest BCUT2D eigenvalue weighted by atomic mass is 10.1. The van der Waals surface area contributed by atoms with Crippen LogP contribution in [-0.2, 0) is 4.74 Å². The van der Waals surface area contributed by atoms with Crippen LogP contribution in [0.4, 0.5) is 15.4 Å². The zero-order chi connectivity index (χ0) is 73.3. The van der Waals surface area contributed by atoms with Crippen LogP contribution in [0, 0.1) is 20.8 Å². The third-order valence-electron chi connectivity index (χ3n) is 14.2. The molecule has 0 fully saturated rings. The number of rotatable bonds is 18. The van der Waals surface area contributed by atoms with Gasteiger partial charge in [0.25, 0.3) is 0 Å². The summed E-state index contributed by atoms with van der Waals surface area (Å²) >= 11 is 11.3. The maximum Gasteiger partial charge on any atom is 0.183 e. The maximum atomic E-state index is 6.55. The average Bonchev–Trinajstić information content (AvgIpc) is 1.67. The molecule has 101 heavy (non-hydrogen) atoms. The summed E-state index contributed by atoms with van der Waals surface area (Å²) in [6, 6.07) is 33.1. The summed E-state index contributed by atoms with van der Waals surface area (Å²) in [6.45, 7) is 44.2. The molecule has 22 heteroatoms. The molecule has 4 aromatic carbocycles. The number of nitrogens with zero attached hydrogens (tertiary/aromatic N) is 9. The molecule has 534 valence electrons. The quantitative estimate of drug-likeness (QED) is 0.0685. The predicted octanol–water partition coefficient (Wildman–Crippen LogP) is 21.3. The van der Waals surface area contributed by atoms with Crippen LogP contribution >= 0.6 is 45.6 Å². The number of benzene rings is 4. The molecule has 0 aliphatic rings. The number of anilines is 3. The largest absolute Gasteiger partial charge is 0.491 e. The monoisotopic (exact) mass is 1440 g/mol. The van der Waals surface area contributed by atoms with Gasteiger partial charge in [-0.05, 0) is 211 Å². The highest BCUT2D eigenvalue weighted by atomic mass is 35.5. The number of nitrogens with one attached hydrogen (secondary N) is 3. The van der Waals surface area contributed by atoms with Gasteiger partial charge in [0.1, 0.15) is 74.8 Å². The summed E-state index contributed by atoms with van der Waals surface area (Å²) in [6.07, 6.45) is 3.62. The highest BCUT2D eigenvalue weighted by Gasteiger charge is 2.23. The number of fused-ring (bicyclic) bond motifs is 4. The molecule has 8 aromatic heterocycles. The van der Waals surface area contributed by atoms with E-state index in [9.17, 15) is 0 Å². The van der Waals surface area contributed by atoms with Crippen LogP contribution in [0.25, 0.3) is 83.6 Å². The fourth-order valence-electron chi connectivity index (χ4n) is 10.1. The summed E-state index contributed by atoms with van der Waals surface area (Å²) in [4.78, 5) is 33.2. The van der Waals surface area contributed by atoms with Gasteiger partial charge in [-0.25, -0.2) is 39.6 Å². The number of thiazole rings is 3. The topological polar surface area (TPSA) is 200 Å². The molecule has 18 nitrogen and oxygen atoms in total. The number of methoxy groups -OCH3 is 1. The van der Waals surface area contributed by atoms with Gasteiger partial charge >= 0.3 is 0 Å². The molecule has 0 unspecified atom stereocenters. The van der Waals surface area contributed by atoms with Crippen LogP contribution in [0.2, 0.25) is 5.02 Å². The summed E-state index contributed by atoms with van der Waals surface area (Å²) in [5, 5.41) is 27.5. The molecular formula is C79H97ClN12O6S3. The van der Waals surface area contributed by atoms with E-state index in [1.807, 2.05) is 152 Å². The predicted molar refractivity (Wildman–Crippen MR) is 422 cm³/mol. The Hall–Kier alpha value is -8.73. The maximum absolute atomic E-state index is 6.55. The van der Waals surface area contributed by atoms with E-state index in [4.69, 9.17) is 55.0 Å². The first-order valence-corrected chi connectivity index (χ1v) is 37.0. The van der Waals surface area contributed by atoms with Crippen LogP contribution < -0.4 is 39.6 Å². The highest BCUT2D eigenvalue weighted by molar-refractivity contribution is 7.14. The lowest BCUT2D eigenvalue weighted by Crippen LogP contribution is -2.23. The van der Waals surface area contributed by atoms with E-state index >= 15 is 0 Å². The van der Waals surface area contributed by atoms with Gasteiger partial charge in [0.2, 0.25) is 0 Å². The first kappa shape index (κ1) is 76.4. The number of halogens is 1. The number of aromatic nitrogens is 9. The Morgan fingerprint density at radius 1 is 0.446 bits per heavy atom. The molecule has 0 saturated carbocycles. The Bertz CT molecular complexity index is 4770. The van der Waals surface area contributed by atoms with Crippen molar-refractivity contribution in [2.75, 3.05) is 36.3 Å². The fourth-order valence-corrected chi connectivity index (χ4v) is 12.9. The van der Waals surface area contributed by atoms with Crippen LogP contribution in [-0.4, -0.2) is 106 Å². The summed E-state index contributed by atoms with van der Waals surface area (Å²) in [7, 11) is 1.66. The zero-order valence-corrected chi connectivity index (χ0v) is 65.6. The minimum Gasteiger partial charge on any atom is -0.491 e. The van der Waals surface area contributed by atoms with Crippen LogP contribution in [0.1, 0.15) is 141 Å². The second-order valence-electron chi connectivity index (χ2n) is 29.5. The summed E-state index contributed by atoms with van der Waals surface area (Å²) in [5.41, 5.74) is 10.4. The Morgan fingerprint density at radius 3 is 1.26 bits per heavy atom. The number of ether oxygens (including phenoxy) is 6. The van der Waals surface area contributed by atoms with Gasteiger partial charge in [0, 0.05) is 106 Å². The summed E-state index contributed by atoms with van der Waals surface area (Å²) in [5.74, 6) is 4.74. The average molecular weight is 1440 g/mol. The van der Waals surface area contributed by atoms with E-state index in [0.29, 0.717) is 36.4 Å². The Balaban J connectivity index is 0.000000158. The van der Waals surface area contributed by atoms with Crippen LogP contribution in [0.5, 0.6) is 28.7 Å². The molecular weight excluding hydrogens is 1340 g/mol. The van der Waals surface area contributed by atoms with Crippen molar-refractivity contribution in [2.24, 2.45) is 0 Å². The molecule has 0 saturated heterocycles. The molecule has 0 aliphatic heterocycles. The fraction of sp³-hybridized carbons (Fsp3) is 0.392. The summed E-state index contributed by atoms with van der Waals surface area (Å²) < 4.78 is 37.3. The Kier molecular flexibility index (Phi) is 24.6. The van der Waals surface area contributed by atoms with E-state index in [1.54, 1.807) is 52.0 Å². The molecule has 3 N–H and O–H groups in total. The lowest BCUT2D eigenvalue weighted by Gasteiger charge is -2.23. The lowest BCUT2D eigenvalue weighted by molar-refractivity contribution is 0.132. The van der Waals surface area contributed by atoms with E-state index in [2.05, 4.69) is 154 Å². The molecule has 12 aromatic rings. The number of hydrogen-bond acceptors (Lipinski definition) is 20. The normalized spacial score (nSPS) is 11.9. The number of pyridine rings is 4. The highest BCUT2D eigenvalue weighted by Crippen LogP contribution is 2.40. The van der Waals surface area contributed by atoms with Crippen molar-refractivity contribution in [1.29, 1.82) is 0 Å².